The lowest BCUT2D eigenvalue weighted by atomic mass is 10.1. The van der Waals surface area contributed by atoms with E-state index in [1.165, 1.54) is 18.2 Å². The van der Waals surface area contributed by atoms with Gasteiger partial charge in [-0.25, -0.2) is 17.2 Å². The number of nitrogens with one attached hydrogen (secondary N) is 3. The van der Waals surface area contributed by atoms with Gasteiger partial charge >= 0.3 is 0 Å². The van der Waals surface area contributed by atoms with Crippen LogP contribution in [0.5, 0.6) is 0 Å². The number of anilines is 2. The van der Waals surface area contributed by atoms with E-state index in [0.29, 0.717) is 6.07 Å². The molecule has 10 heteroatoms. The Morgan fingerprint density at radius 3 is 2.48 bits per heavy atom. The van der Waals surface area contributed by atoms with Crippen molar-refractivity contribution in [2.75, 3.05) is 16.3 Å². The van der Waals surface area contributed by atoms with Crippen molar-refractivity contribution in [1.82, 2.24) is 4.98 Å². The Morgan fingerprint density at radius 1 is 1.07 bits per heavy atom. The number of hydrogen-bond acceptors (Lipinski definition) is 4. The number of pyridine rings is 1. The minimum Gasteiger partial charge on any atom is -0.349 e. The molecule has 0 radical (unpaired) electrons. The molecule has 1 heterocycles. The van der Waals surface area contributed by atoms with Crippen molar-refractivity contribution in [2.45, 2.75) is 0 Å². The van der Waals surface area contributed by atoms with E-state index < -0.39 is 33.0 Å². The van der Waals surface area contributed by atoms with Crippen molar-refractivity contribution in [3.05, 3.63) is 70.0 Å². The first-order valence-electron chi connectivity index (χ1n) is 7.54. The standard InChI is InChI=1S/C17H13F2N3O4S/c1-27(25,26)22-13-4-2-3-10-15(23)8-14(20-16(10)13)17(24)21-12-6-5-9(18)7-11(12)19/h2-8,22H,1H3,(H,20,23)(H,21,24). The van der Waals surface area contributed by atoms with Gasteiger partial charge in [-0.1, -0.05) is 6.07 Å². The van der Waals surface area contributed by atoms with Gasteiger partial charge in [-0.05, 0) is 24.3 Å². The van der Waals surface area contributed by atoms with E-state index in [9.17, 15) is 26.8 Å². The van der Waals surface area contributed by atoms with Gasteiger partial charge in [0.05, 0.1) is 23.1 Å². The second kappa shape index (κ2) is 6.80. The molecule has 3 rings (SSSR count). The van der Waals surface area contributed by atoms with Crippen molar-refractivity contribution >= 4 is 38.2 Å². The third kappa shape index (κ3) is 4.11. The molecule has 1 aromatic heterocycles. The van der Waals surface area contributed by atoms with Crippen LogP contribution in [0.4, 0.5) is 20.2 Å². The number of hydrogen-bond donors (Lipinski definition) is 3. The van der Waals surface area contributed by atoms with Crippen LogP contribution < -0.4 is 15.5 Å². The fourth-order valence-corrected chi connectivity index (χ4v) is 3.03. The zero-order chi connectivity index (χ0) is 19.8. The maximum absolute atomic E-state index is 13.7. The summed E-state index contributed by atoms with van der Waals surface area (Å²) in [5.41, 5.74) is -0.857. The Balaban J connectivity index is 2.05. The molecule has 0 aliphatic carbocycles. The average Bonchev–Trinajstić information content (AvgIpc) is 2.56. The molecule has 0 atom stereocenters. The third-order valence-electron chi connectivity index (χ3n) is 3.58. The monoisotopic (exact) mass is 393 g/mol. The Labute approximate surface area is 152 Å². The van der Waals surface area contributed by atoms with Gasteiger partial charge in [0.2, 0.25) is 10.0 Å². The molecule has 0 saturated heterocycles. The van der Waals surface area contributed by atoms with Crippen molar-refractivity contribution in [3.63, 3.8) is 0 Å². The van der Waals surface area contributed by atoms with Gasteiger partial charge in [-0.3, -0.25) is 14.3 Å². The van der Waals surface area contributed by atoms with Crippen LogP contribution in [0.15, 0.2) is 47.3 Å². The van der Waals surface area contributed by atoms with Crippen molar-refractivity contribution in [1.29, 1.82) is 0 Å². The van der Waals surface area contributed by atoms with Crippen LogP contribution in [-0.4, -0.2) is 25.6 Å². The Kier molecular flexibility index (Phi) is 4.66. The second-order valence-corrected chi connectivity index (χ2v) is 7.48. The minimum absolute atomic E-state index is 0.0784. The molecule has 7 nitrogen and oxygen atoms in total. The number of H-pyrrole nitrogens is 1. The normalized spacial score (nSPS) is 11.4. The SMILES string of the molecule is CS(=O)(=O)Nc1cccc2c(=O)cc(C(=O)Nc3ccc(F)cc3F)[nH]c12. The molecular formula is C17H13F2N3O4S. The number of para-hydroxylation sites is 1. The molecule has 140 valence electrons. The van der Waals surface area contributed by atoms with E-state index in [2.05, 4.69) is 15.0 Å². The van der Waals surface area contributed by atoms with Crippen LogP contribution in [0.1, 0.15) is 10.5 Å². The molecule has 1 amide bonds. The summed E-state index contributed by atoms with van der Waals surface area (Å²) in [5.74, 6) is -2.64. The summed E-state index contributed by atoms with van der Waals surface area (Å²) in [7, 11) is -3.63. The zero-order valence-electron chi connectivity index (χ0n) is 13.8. The smallest absolute Gasteiger partial charge is 0.272 e. The van der Waals surface area contributed by atoms with Crippen LogP contribution >= 0.6 is 0 Å². The van der Waals surface area contributed by atoms with Gasteiger partial charge in [0.25, 0.3) is 5.91 Å². The molecule has 0 spiro atoms. The van der Waals surface area contributed by atoms with Crippen LogP contribution in [0.2, 0.25) is 0 Å². The summed E-state index contributed by atoms with van der Waals surface area (Å²) >= 11 is 0. The van der Waals surface area contributed by atoms with E-state index in [1.807, 2.05) is 0 Å². The number of fused-ring (bicyclic) bond motifs is 1. The molecule has 2 aromatic carbocycles. The maximum atomic E-state index is 13.7. The molecule has 3 N–H and O–H groups in total. The minimum atomic E-state index is -3.63. The van der Waals surface area contributed by atoms with Gasteiger partial charge in [0, 0.05) is 17.5 Å². The van der Waals surface area contributed by atoms with E-state index in [1.54, 1.807) is 0 Å². The molecule has 0 fully saturated rings. The van der Waals surface area contributed by atoms with E-state index in [-0.39, 0.29) is 28.0 Å². The van der Waals surface area contributed by atoms with Gasteiger partial charge in [-0.15, -0.1) is 0 Å². The summed E-state index contributed by atoms with van der Waals surface area (Å²) in [6, 6.07) is 7.98. The highest BCUT2D eigenvalue weighted by molar-refractivity contribution is 7.92. The predicted molar refractivity (Wildman–Crippen MR) is 97.3 cm³/mol. The molecule has 27 heavy (non-hydrogen) atoms. The summed E-state index contributed by atoms with van der Waals surface area (Å²) in [6.07, 6.45) is 0.942. The summed E-state index contributed by atoms with van der Waals surface area (Å²) in [5, 5.41) is 2.38. The molecule has 3 aromatic rings. The Bertz CT molecular complexity index is 1220. The molecule has 0 bridgehead atoms. The van der Waals surface area contributed by atoms with E-state index in [0.717, 1.165) is 24.5 Å². The lowest BCUT2D eigenvalue weighted by Crippen LogP contribution is -2.18. The van der Waals surface area contributed by atoms with Gasteiger partial charge in [0.1, 0.15) is 17.3 Å². The van der Waals surface area contributed by atoms with Crippen molar-refractivity contribution < 1.29 is 22.0 Å². The topological polar surface area (TPSA) is 108 Å². The van der Waals surface area contributed by atoms with Crippen LogP contribution in [0.25, 0.3) is 10.9 Å². The van der Waals surface area contributed by atoms with Gasteiger partial charge < -0.3 is 10.3 Å². The molecular weight excluding hydrogens is 380 g/mol. The number of amides is 1. The first-order valence-corrected chi connectivity index (χ1v) is 9.43. The number of carbonyl (C=O) groups excluding carboxylic acids is 1. The number of rotatable bonds is 4. The number of carbonyl (C=O) groups is 1. The number of aromatic amines is 1. The van der Waals surface area contributed by atoms with Gasteiger partial charge in [0.15, 0.2) is 5.43 Å². The highest BCUT2D eigenvalue weighted by Gasteiger charge is 2.15. The predicted octanol–water partition coefficient (Wildman–Crippen LogP) is 2.43. The lowest BCUT2D eigenvalue weighted by molar-refractivity contribution is 0.102. The molecule has 0 aliphatic rings. The van der Waals surface area contributed by atoms with Crippen molar-refractivity contribution in [3.8, 4) is 0 Å². The van der Waals surface area contributed by atoms with E-state index in [4.69, 9.17) is 0 Å². The number of sulfonamides is 1. The van der Waals surface area contributed by atoms with Crippen LogP contribution in [-0.2, 0) is 10.0 Å². The zero-order valence-corrected chi connectivity index (χ0v) is 14.7. The summed E-state index contributed by atoms with van der Waals surface area (Å²) in [4.78, 5) is 27.3. The fourth-order valence-electron chi connectivity index (χ4n) is 2.46. The molecule has 0 saturated carbocycles. The van der Waals surface area contributed by atoms with Crippen LogP contribution in [0, 0.1) is 11.6 Å². The first kappa shape index (κ1) is 18.5. The molecule has 0 aliphatic heterocycles. The highest BCUT2D eigenvalue weighted by Crippen LogP contribution is 2.21. The summed E-state index contributed by atoms with van der Waals surface area (Å²) < 4.78 is 51.9. The largest absolute Gasteiger partial charge is 0.349 e. The summed E-state index contributed by atoms with van der Waals surface area (Å²) in [6.45, 7) is 0. The number of benzene rings is 2. The second-order valence-electron chi connectivity index (χ2n) is 5.73. The molecule has 0 unspecified atom stereocenters. The van der Waals surface area contributed by atoms with E-state index >= 15 is 0 Å². The maximum Gasteiger partial charge on any atom is 0.272 e. The third-order valence-corrected chi connectivity index (χ3v) is 4.18. The highest BCUT2D eigenvalue weighted by atomic mass is 32.2. The quantitative estimate of drug-likeness (QED) is 0.633. The number of halogens is 2. The van der Waals surface area contributed by atoms with Crippen molar-refractivity contribution in [2.24, 2.45) is 0 Å². The van der Waals surface area contributed by atoms with Crippen LogP contribution in [0.3, 0.4) is 0 Å². The fraction of sp³-hybridized carbons (Fsp3) is 0.0588. The first-order chi connectivity index (χ1) is 12.6. The lowest BCUT2D eigenvalue weighted by Gasteiger charge is -2.10. The number of aromatic nitrogens is 1. The Hall–Kier alpha value is -3.27. The van der Waals surface area contributed by atoms with Gasteiger partial charge in [-0.2, -0.15) is 0 Å². The Morgan fingerprint density at radius 2 is 1.81 bits per heavy atom. The average molecular weight is 393 g/mol.